The van der Waals surface area contributed by atoms with E-state index in [9.17, 15) is 4.79 Å². The molecule has 0 radical (unpaired) electrons. The third-order valence-electron chi connectivity index (χ3n) is 2.39. The third-order valence-corrected chi connectivity index (χ3v) is 2.70. The van der Waals surface area contributed by atoms with Crippen LogP contribution in [0.15, 0.2) is 24.3 Å². The Bertz CT molecular complexity index is 581. The molecule has 0 aliphatic rings. The summed E-state index contributed by atoms with van der Waals surface area (Å²) in [5, 5.41) is 1.54. The highest BCUT2D eigenvalue weighted by atomic mass is 35.5. The van der Waals surface area contributed by atoms with E-state index in [1.807, 2.05) is 25.1 Å². The van der Waals surface area contributed by atoms with Gasteiger partial charge in [-0.2, -0.15) is 0 Å². The Morgan fingerprint density at radius 3 is 2.88 bits per heavy atom. The lowest BCUT2D eigenvalue weighted by atomic mass is 10.1. The number of esters is 1. The molecule has 88 valence electrons. The highest BCUT2D eigenvalue weighted by Gasteiger charge is 2.05. The zero-order valence-electron chi connectivity index (χ0n) is 9.66. The van der Waals surface area contributed by atoms with E-state index in [2.05, 4.69) is 4.98 Å². The zero-order valence-corrected chi connectivity index (χ0v) is 10.4. The second kappa shape index (κ2) is 4.72. The number of halogens is 1. The lowest BCUT2D eigenvalue weighted by Crippen LogP contribution is -2.01. The Morgan fingerprint density at radius 1 is 1.41 bits per heavy atom. The van der Waals surface area contributed by atoms with Crippen molar-refractivity contribution in [1.29, 1.82) is 0 Å². The van der Waals surface area contributed by atoms with Crippen LogP contribution in [0.5, 0.6) is 0 Å². The first-order valence-corrected chi connectivity index (χ1v) is 5.63. The molecule has 0 aliphatic heterocycles. The minimum atomic E-state index is -0.327. The molecule has 0 fully saturated rings. The Labute approximate surface area is 104 Å². The van der Waals surface area contributed by atoms with Crippen LogP contribution in [0.3, 0.4) is 0 Å². The van der Waals surface area contributed by atoms with Crippen molar-refractivity contribution in [2.24, 2.45) is 0 Å². The molecular formula is C13H12ClNO2. The zero-order chi connectivity index (χ0) is 12.4. The number of nitrogens with zero attached hydrogens (tertiary/aromatic N) is 1. The van der Waals surface area contributed by atoms with Crippen LogP contribution in [0.25, 0.3) is 10.9 Å². The fourth-order valence-electron chi connectivity index (χ4n) is 1.60. The summed E-state index contributed by atoms with van der Waals surface area (Å²) in [6.45, 7) is 3.52. The van der Waals surface area contributed by atoms with Gasteiger partial charge in [-0.25, -0.2) is 4.98 Å². The topological polar surface area (TPSA) is 39.2 Å². The van der Waals surface area contributed by atoms with Crippen LogP contribution in [0.1, 0.15) is 18.2 Å². The van der Waals surface area contributed by atoms with Crippen LogP contribution < -0.4 is 0 Å². The fourth-order valence-corrected chi connectivity index (χ4v) is 1.88. The molecular weight excluding hydrogens is 238 g/mol. The van der Waals surface area contributed by atoms with Crippen molar-refractivity contribution in [1.82, 2.24) is 4.98 Å². The molecule has 0 bridgehead atoms. The van der Waals surface area contributed by atoms with Crippen molar-refractivity contribution in [2.75, 3.05) is 0 Å². The molecule has 4 heteroatoms. The van der Waals surface area contributed by atoms with Crippen LogP contribution in [-0.4, -0.2) is 11.0 Å². The van der Waals surface area contributed by atoms with E-state index in [1.165, 1.54) is 6.92 Å². The second-order valence-corrected chi connectivity index (χ2v) is 4.30. The van der Waals surface area contributed by atoms with Crippen molar-refractivity contribution in [2.45, 2.75) is 20.5 Å². The molecule has 17 heavy (non-hydrogen) atoms. The Morgan fingerprint density at radius 2 is 2.18 bits per heavy atom. The van der Waals surface area contributed by atoms with E-state index in [0.717, 1.165) is 16.5 Å². The van der Waals surface area contributed by atoms with Gasteiger partial charge in [0.1, 0.15) is 6.61 Å². The first kappa shape index (κ1) is 11.9. The monoisotopic (exact) mass is 249 g/mol. The van der Waals surface area contributed by atoms with Gasteiger partial charge >= 0.3 is 5.97 Å². The largest absolute Gasteiger partial charge is 0.459 e. The van der Waals surface area contributed by atoms with Gasteiger partial charge in [0.25, 0.3) is 0 Å². The van der Waals surface area contributed by atoms with E-state index in [0.29, 0.717) is 10.7 Å². The maximum atomic E-state index is 10.7. The SMILES string of the molecule is CC(=O)OCc1cc(Cl)c2cc(C)ccc2n1. The highest BCUT2D eigenvalue weighted by Crippen LogP contribution is 2.24. The molecule has 0 unspecified atom stereocenters. The van der Waals surface area contributed by atoms with Crippen molar-refractivity contribution in [3.63, 3.8) is 0 Å². The number of hydrogen-bond donors (Lipinski definition) is 0. The maximum Gasteiger partial charge on any atom is 0.303 e. The van der Waals surface area contributed by atoms with E-state index in [-0.39, 0.29) is 12.6 Å². The van der Waals surface area contributed by atoms with Gasteiger partial charge in [0, 0.05) is 12.3 Å². The van der Waals surface area contributed by atoms with E-state index >= 15 is 0 Å². The van der Waals surface area contributed by atoms with Crippen LogP contribution in [0.4, 0.5) is 0 Å². The lowest BCUT2D eigenvalue weighted by Gasteiger charge is -2.06. The van der Waals surface area contributed by atoms with E-state index in [1.54, 1.807) is 6.07 Å². The summed E-state index contributed by atoms with van der Waals surface area (Å²) in [6, 6.07) is 7.60. The number of hydrogen-bond acceptors (Lipinski definition) is 3. The molecule has 1 aromatic heterocycles. The third kappa shape index (κ3) is 2.74. The summed E-state index contributed by atoms with van der Waals surface area (Å²) in [5.74, 6) is -0.327. The average molecular weight is 250 g/mol. The summed E-state index contributed by atoms with van der Waals surface area (Å²) in [6.07, 6.45) is 0. The van der Waals surface area contributed by atoms with Gasteiger partial charge in [-0.15, -0.1) is 0 Å². The molecule has 0 N–H and O–H groups in total. The first-order valence-electron chi connectivity index (χ1n) is 5.25. The number of rotatable bonds is 2. The minimum absolute atomic E-state index is 0.152. The second-order valence-electron chi connectivity index (χ2n) is 3.90. The molecule has 3 nitrogen and oxygen atoms in total. The minimum Gasteiger partial charge on any atom is -0.459 e. The number of carbonyl (C=O) groups excluding carboxylic acids is 1. The molecule has 0 saturated carbocycles. The van der Waals surface area contributed by atoms with Gasteiger partial charge in [-0.3, -0.25) is 4.79 Å². The lowest BCUT2D eigenvalue weighted by molar-refractivity contribution is -0.142. The van der Waals surface area contributed by atoms with Gasteiger partial charge in [0.05, 0.1) is 16.2 Å². The number of aryl methyl sites for hydroxylation is 1. The Hall–Kier alpha value is -1.61. The smallest absolute Gasteiger partial charge is 0.303 e. The Kier molecular flexibility index (Phi) is 3.29. The fraction of sp³-hybridized carbons (Fsp3) is 0.231. The summed E-state index contributed by atoms with van der Waals surface area (Å²) in [7, 11) is 0. The molecule has 0 atom stereocenters. The maximum absolute atomic E-state index is 10.7. The standard InChI is InChI=1S/C13H12ClNO2/c1-8-3-4-13-11(5-8)12(14)6-10(15-13)7-17-9(2)16/h3-6H,7H2,1-2H3. The van der Waals surface area contributed by atoms with Crippen molar-refractivity contribution < 1.29 is 9.53 Å². The molecule has 2 aromatic rings. The van der Waals surface area contributed by atoms with Crippen LogP contribution in [0.2, 0.25) is 5.02 Å². The molecule has 0 amide bonds. The van der Waals surface area contributed by atoms with Gasteiger partial charge < -0.3 is 4.74 Å². The van der Waals surface area contributed by atoms with Crippen molar-refractivity contribution in [3.8, 4) is 0 Å². The number of benzene rings is 1. The van der Waals surface area contributed by atoms with Crippen LogP contribution in [0, 0.1) is 6.92 Å². The summed E-state index contributed by atoms with van der Waals surface area (Å²) < 4.78 is 4.90. The van der Waals surface area contributed by atoms with Crippen LogP contribution in [-0.2, 0) is 16.1 Å². The van der Waals surface area contributed by atoms with Gasteiger partial charge in [0.2, 0.25) is 0 Å². The summed E-state index contributed by atoms with van der Waals surface area (Å²) >= 11 is 6.17. The quantitative estimate of drug-likeness (QED) is 0.767. The number of aromatic nitrogens is 1. The van der Waals surface area contributed by atoms with Gasteiger partial charge in [-0.1, -0.05) is 23.2 Å². The van der Waals surface area contributed by atoms with Gasteiger partial charge in [-0.05, 0) is 25.1 Å². The van der Waals surface area contributed by atoms with Crippen molar-refractivity contribution >= 4 is 28.5 Å². The molecule has 0 saturated heterocycles. The number of fused-ring (bicyclic) bond motifs is 1. The summed E-state index contributed by atoms with van der Waals surface area (Å²) in [5.41, 5.74) is 2.60. The molecule has 0 aliphatic carbocycles. The number of pyridine rings is 1. The van der Waals surface area contributed by atoms with Crippen molar-refractivity contribution in [3.05, 3.63) is 40.5 Å². The average Bonchev–Trinajstić information content (AvgIpc) is 2.27. The normalized spacial score (nSPS) is 10.5. The molecule has 2 rings (SSSR count). The number of ether oxygens (including phenoxy) is 1. The highest BCUT2D eigenvalue weighted by molar-refractivity contribution is 6.35. The van der Waals surface area contributed by atoms with Gasteiger partial charge in [0.15, 0.2) is 0 Å². The molecule has 0 spiro atoms. The van der Waals surface area contributed by atoms with E-state index in [4.69, 9.17) is 16.3 Å². The summed E-state index contributed by atoms with van der Waals surface area (Å²) in [4.78, 5) is 15.1. The Balaban J connectivity index is 2.41. The van der Waals surface area contributed by atoms with E-state index < -0.39 is 0 Å². The predicted molar refractivity (Wildman–Crippen MR) is 67.0 cm³/mol. The number of carbonyl (C=O) groups is 1. The predicted octanol–water partition coefficient (Wildman–Crippen LogP) is 3.26. The molecule has 1 heterocycles. The van der Waals surface area contributed by atoms with Crippen LogP contribution >= 0.6 is 11.6 Å². The molecule has 1 aromatic carbocycles. The first-order chi connectivity index (χ1) is 8.06.